The van der Waals surface area contributed by atoms with Crippen LogP contribution in [0.3, 0.4) is 0 Å². The first-order valence-corrected chi connectivity index (χ1v) is 10.6. The van der Waals surface area contributed by atoms with Crippen LogP contribution in [-0.4, -0.2) is 64.7 Å². The molecule has 13 heteroatoms. The molecule has 1 aromatic heterocycles. The van der Waals surface area contributed by atoms with Crippen molar-refractivity contribution in [2.24, 2.45) is 0 Å². The molecule has 1 saturated heterocycles. The van der Waals surface area contributed by atoms with Crippen molar-refractivity contribution in [3.63, 3.8) is 0 Å². The average Bonchev–Trinajstić information content (AvgIpc) is 3.24. The molecule has 3 aromatic rings. The Morgan fingerprint density at radius 1 is 1.00 bits per heavy atom. The highest BCUT2D eigenvalue weighted by Gasteiger charge is 2.31. The van der Waals surface area contributed by atoms with Gasteiger partial charge in [0, 0.05) is 43.6 Å². The van der Waals surface area contributed by atoms with Gasteiger partial charge in [-0.05, 0) is 42.8 Å². The van der Waals surface area contributed by atoms with Crippen molar-refractivity contribution in [2.75, 3.05) is 43.0 Å². The minimum absolute atomic E-state index is 0.180. The zero-order valence-electron chi connectivity index (χ0n) is 18.5. The number of piperazine rings is 1. The molecule has 0 bridgehead atoms. The van der Waals surface area contributed by atoms with Crippen LogP contribution in [0.5, 0.6) is 0 Å². The maximum atomic E-state index is 13.5. The zero-order chi connectivity index (χ0) is 25.2. The molecule has 0 saturated carbocycles. The van der Waals surface area contributed by atoms with Crippen LogP contribution in [0.25, 0.3) is 5.69 Å². The van der Waals surface area contributed by atoms with Crippen molar-refractivity contribution in [1.29, 1.82) is 0 Å². The van der Waals surface area contributed by atoms with Crippen molar-refractivity contribution >= 4 is 23.4 Å². The van der Waals surface area contributed by atoms with Crippen molar-refractivity contribution in [2.45, 2.75) is 13.1 Å². The topological polar surface area (TPSA) is 75.5 Å². The Kier molecular flexibility index (Phi) is 6.76. The van der Waals surface area contributed by atoms with E-state index in [1.165, 1.54) is 15.9 Å². The molecule has 0 radical (unpaired) electrons. The predicted octanol–water partition coefficient (Wildman–Crippen LogP) is 4.42. The molecule has 2 heterocycles. The second-order valence-corrected chi connectivity index (χ2v) is 7.97. The number of amides is 1. The molecule has 2 aromatic carbocycles. The number of aryl methyl sites for hydroxylation is 1. The van der Waals surface area contributed by atoms with E-state index >= 15 is 0 Å². The van der Waals surface area contributed by atoms with Crippen molar-refractivity contribution < 1.29 is 31.5 Å². The lowest BCUT2D eigenvalue weighted by Crippen LogP contribution is -2.49. The van der Waals surface area contributed by atoms with Crippen LogP contribution in [-0.2, 0) is 4.74 Å². The second kappa shape index (κ2) is 9.76. The third-order valence-electron chi connectivity index (χ3n) is 5.18. The SMILES string of the molecule is Cc1cc(Nc2ncn(-c3cc(F)cc(F)c3)n2)cc(N2CCN(C(=O)OCC(F)(F)F)CC2)c1. The summed E-state index contributed by atoms with van der Waals surface area (Å²) < 4.78 is 69.3. The summed E-state index contributed by atoms with van der Waals surface area (Å²) in [5, 5.41) is 7.26. The lowest BCUT2D eigenvalue weighted by molar-refractivity contribution is -0.162. The van der Waals surface area contributed by atoms with Gasteiger partial charge in [0.15, 0.2) is 6.61 Å². The highest BCUT2D eigenvalue weighted by Crippen LogP contribution is 2.26. The van der Waals surface area contributed by atoms with Gasteiger partial charge in [-0.15, -0.1) is 5.10 Å². The van der Waals surface area contributed by atoms with Crippen LogP contribution in [0, 0.1) is 18.6 Å². The molecule has 1 aliphatic heterocycles. The van der Waals surface area contributed by atoms with Gasteiger partial charge in [0.25, 0.3) is 0 Å². The van der Waals surface area contributed by atoms with Crippen LogP contribution in [0.4, 0.5) is 44.1 Å². The van der Waals surface area contributed by atoms with Crippen molar-refractivity contribution in [3.8, 4) is 5.69 Å². The Morgan fingerprint density at radius 2 is 1.69 bits per heavy atom. The fourth-order valence-electron chi connectivity index (χ4n) is 3.65. The summed E-state index contributed by atoms with van der Waals surface area (Å²) in [4.78, 5) is 19.2. The number of rotatable bonds is 5. The Bertz CT molecular complexity index is 1190. The molecule has 186 valence electrons. The van der Waals surface area contributed by atoms with Gasteiger partial charge in [-0.1, -0.05) is 0 Å². The highest BCUT2D eigenvalue weighted by molar-refractivity contribution is 5.69. The molecule has 0 aliphatic carbocycles. The Labute approximate surface area is 196 Å². The lowest BCUT2D eigenvalue weighted by atomic mass is 10.1. The molecule has 1 aliphatic rings. The number of benzene rings is 2. The van der Waals surface area contributed by atoms with Crippen LogP contribution < -0.4 is 10.2 Å². The third kappa shape index (κ3) is 6.37. The first-order chi connectivity index (χ1) is 16.6. The Morgan fingerprint density at radius 3 is 2.34 bits per heavy atom. The number of anilines is 3. The standard InChI is InChI=1S/C22H21F5N6O2/c1-14-6-17(29-20-28-13-33(30-20)19-9-15(23)8-16(24)10-19)11-18(7-14)31-2-4-32(5-3-31)21(34)35-12-22(25,26)27/h6-11,13H,2-5,12H2,1H3,(H,29,30). The van der Waals surface area contributed by atoms with Crippen molar-refractivity contribution in [1.82, 2.24) is 19.7 Å². The van der Waals surface area contributed by atoms with Crippen molar-refractivity contribution in [3.05, 3.63) is 59.9 Å². The molecular weight excluding hydrogens is 475 g/mol. The number of nitrogens with zero attached hydrogens (tertiary/aromatic N) is 5. The largest absolute Gasteiger partial charge is 0.440 e. The summed E-state index contributed by atoms with van der Waals surface area (Å²) >= 11 is 0. The molecule has 1 fully saturated rings. The number of hydrogen-bond donors (Lipinski definition) is 1. The minimum Gasteiger partial charge on any atom is -0.440 e. The normalized spacial score (nSPS) is 14.2. The van der Waals surface area contributed by atoms with E-state index in [1.807, 2.05) is 30.0 Å². The minimum atomic E-state index is -4.57. The molecular formula is C22H21F5N6O2. The van der Waals surface area contributed by atoms with Gasteiger partial charge in [0.1, 0.15) is 18.0 Å². The van der Waals surface area contributed by atoms with E-state index in [-0.39, 0.29) is 24.7 Å². The average molecular weight is 496 g/mol. The summed E-state index contributed by atoms with van der Waals surface area (Å²) in [6, 6.07) is 8.66. The van der Waals surface area contributed by atoms with Crippen LogP contribution in [0.15, 0.2) is 42.7 Å². The fourth-order valence-corrected chi connectivity index (χ4v) is 3.65. The monoisotopic (exact) mass is 496 g/mol. The summed E-state index contributed by atoms with van der Waals surface area (Å²) in [5.74, 6) is -1.26. The van der Waals surface area contributed by atoms with E-state index in [9.17, 15) is 26.7 Å². The maximum Gasteiger partial charge on any atom is 0.422 e. The molecule has 0 spiro atoms. The summed E-state index contributed by atoms with van der Waals surface area (Å²) in [6.45, 7) is 1.51. The van der Waals surface area contributed by atoms with Gasteiger partial charge in [-0.2, -0.15) is 18.2 Å². The molecule has 8 nitrogen and oxygen atoms in total. The maximum absolute atomic E-state index is 13.5. The summed E-state index contributed by atoms with van der Waals surface area (Å²) in [6.07, 6.45) is -4.24. The van der Waals surface area contributed by atoms with Gasteiger partial charge in [0.2, 0.25) is 5.95 Å². The van der Waals surface area contributed by atoms with Gasteiger partial charge in [-0.25, -0.2) is 18.3 Å². The number of carbonyl (C=O) groups excluding carboxylic acids is 1. The van der Waals surface area contributed by atoms with Crippen LogP contribution in [0.2, 0.25) is 0 Å². The molecule has 0 unspecified atom stereocenters. The molecule has 0 atom stereocenters. The molecule has 1 N–H and O–H groups in total. The van der Waals surface area contributed by atoms with Crippen LogP contribution >= 0.6 is 0 Å². The summed E-state index contributed by atoms with van der Waals surface area (Å²) in [5.41, 5.74) is 2.60. The highest BCUT2D eigenvalue weighted by atomic mass is 19.4. The van der Waals surface area contributed by atoms with E-state index in [4.69, 9.17) is 0 Å². The summed E-state index contributed by atoms with van der Waals surface area (Å²) in [7, 11) is 0. The second-order valence-electron chi connectivity index (χ2n) is 7.97. The number of aromatic nitrogens is 3. The van der Waals surface area contributed by atoms with Gasteiger partial charge < -0.3 is 19.9 Å². The van der Waals surface area contributed by atoms with Gasteiger partial charge in [0.05, 0.1) is 5.69 Å². The Hall–Kier alpha value is -3.90. The number of nitrogens with one attached hydrogen (secondary N) is 1. The first-order valence-electron chi connectivity index (χ1n) is 10.6. The number of ether oxygens (including phenoxy) is 1. The van der Waals surface area contributed by atoms with E-state index in [2.05, 4.69) is 20.1 Å². The smallest absolute Gasteiger partial charge is 0.422 e. The quantitative estimate of drug-likeness (QED) is 0.528. The molecule has 1 amide bonds. The number of alkyl halides is 3. The van der Waals surface area contributed by atoms with E-state index in [1.54, 1.807) is 0 Å². The van der Waals surface area contributed by atoms with E-state index in [0.717, 1.165) is 29.4 Å². The number of hydrogen-bond acceptors (Lipinski definition) is 6. The van der Waals surface area contributed by atoms with Gasteiger partial charge in [-0.3, -0.25) is 0 Å². The van der Waals surface area contributed by atoms with E-state index in [0.29, 0.717) is 18.8 Å². The third-order valence-corrected chi connectivity index (χ3v) is 5.18. The first kappa shape index (κ1) is 24.2. The lowest BCUT2D eigenvalue weighted by Gasteiger charge is -2.35. The van der Waals surface area contributed by atoms with Crippen LogP contribution in [0.1, 0.15) is 5.56 Å². The number of halogens is 5. The Balaban J connectivity index is 1.40. The predicted molar refractivity (Wildman–Crippen MR) is 117 cm³/mol. The van der Waals surface area contributed by atoms with E-state index < -0.39 is 30.5 Å². The molecule has 35 heavy (non-hydrogen) atoms. The zero-order valence-corrected chi connectivity index (χ0v) is 18.5. The molecule has 4 rings (SSSR count). The number of carbonyl (C=O) groups is 1. The van der Waals surface area contributed by atoms with Gasteiger partial charge >= 0.3 is 12.3 Å². The fraction of sp³-hybridized carbons (Fsp3) is 0.318.